The summed E-state index contributed by atoms with van der Waals surface area (Å²) in [6.45, 7) is 22.2. The van der Waals surface area contributed by atoms with Crippen LogP contribution in [0, 0.1) is 0 Å². The lowest BCUT2D eigenvalue weighted by atomic mass is 10.2. The molecule has 0 aliphatic heterocycles. The maximum atomic E-state index is 8.61. The Kier molecular flexibility index (Phi) is 105. The molecule has 0 aromatic rings. The Morgan fingerprint density at radius 2 is 0.857 bits per heavy atom. The standard InChI is InChI=1S/C7H18N2O.C7H17N.C6H15N.C5H13N.2C4H11NO.C4H11N.CH4/c1-2-4-9(5-3-8)6-7-10;1-2-3-4-5-6-7-8;1-2-3-4-5-6-7;1-2-3-4-5-6;1-2-4(5)3-6;1-2-4(6)3-5;1-2-3-4-5;/h10H,2-8H2,1H3;2-8H2,1H3;2-7H2,1H3;2-6H2,1H3;2*4,6H,2-3,5H2,1H3;2-5H2,1H3;1H4. The Morgan fingerprint density at radius 1 is 0.469 bits per heavy atom. The molecule has 0 bridgehead atoms. The van der Waals surface area contributed by atoms with E-state index in [0.717, 1.165) is 65.1 Å². The SMILES string of the molecule is C.CCC(N)CO.CCC(O)CN.CCCCCCCN.CCCCCCN.CCCCCN.CCCCN.CCCN(CCN)CCO. The molecule has 0 amide bonds. The van der Waals surface area contributed by atoms with Gasteiger partial charge in [-0.05, 0) is 77.7 Å². The second kappa shape index (κ2) is 77.1. The minimum absolute atomic E-state index is 0. The Morgan fingerprint density at radius 3 is 1.06 bits per heavy atom. The fourth-order valence-corrected chi connectivity index (χ4v) is 3.19. The highest BCUT2D eigenvalue weighted by atomic mass is 16.3. The van der Waals surface area contributed by atoms with Crippen LogP contribution in [-0.4, -0.2) is 104 Å². The van der Waals surface area contributed by atoms with Gasteiger partial charge in [-0.1, -0.05) is 120 Å². The molecule has 11 nitrogen and oxygen atoms in total. The number of hydrogen-bond donors (Lipinski definition) is 10. The Bertz CT molecular complexity index is 384. The molecule has 0 fully saturated rings. The van der Waals surface area contributed by atoms with Gasteiger partial charge in [0.05, 0.1) is 19.3 Å². The van der Waals surface area contributed by atoms with Crippen molar-refractivity contribution in [3.63, 3.8) is 0 Å². The number of aliphatic hydroxyl groups excluding tert-OH is 3. The van der Waals surface area contributed by atoms with Crippen LogP contribution in [-0.2, 0) is 0 Å². The lowest BCUT2D eigenvalue weighted by molar-refractivity contribution is 0.179. The Labute approximate surface area is 309 Å². The van der Waals surface area contributed by atoms with Gasteiger partial charge in [0.15, 0.2) is 0 Å². The van der Waals surface area contributed by atoms with E-state index < -0.39 is 0 Å². The van der Waals surface area contributed by atoms with Gasteiger partial charge in [0.25, 0.3) is 0 Å². The van der Waals surface area contributed by atoms with E-state index in [0.29, 0.717) is 13.1 Å². The van der Waals surface area contributed by atoms with E-state index >= 15 is 0 Å². The third-order valence-electron chi connectivity index (χ3n) is 6.63. The molecule has 0 aliphatic carbocycles. The molecule has 310 valence electrons. The monoisotopic (exact) mass is 717 g/mol. The maximum Gasteiger partial charge on any atom is 0.0659 e. The average Bonchev–Trinajstić information content (AvgIpc) is 3.11. The molecular weight excluding hydrogens is 616 g/mol. The van der Waals surface area contributed by atoms with Crippen LogP contribution in [0.2, 0.25) is 0 Å². The van der Waals surface area contributed by atoms with Gasteiger partial charge in [0, 0.05) is 32.2 Å². The third-order valence-corrected chi connectivity index (χ3v) is 6.63. The van der Waals surface area contributed by atoms with Gasteiger partial charge in [0.2, 0.25) is 0 Å². The van der Waals surface area contributed by atoms with Crippen LogP contribution in [0.3, 0.4) is 0 Å². The summed E-state index contributed by atoms with van der Waals surface area (Å²) in [4.78, 5) is 2.17. The lowest BCUT2D eigenvalue weighted by Crippen LogP contribution is -2.32. The van der Waals surface area contributed by atoms with Crippen LogP contribution >= 0.6 is 0 Å². The van der Waals surface area contributed by atoms with Crippen molar-refractivity contribution in [2.45, 2.75) is 177 Å². The Hall–Kier alpha value is -0.440. The van der Waals surface area contributed by atoms with Gasteiger partial charge in [-0.15, -0.1) is 0 Å². The molecule has 0 heterocycles. The first-order chi connectivity index (χ1) is 23.1. The van der Waals surface area contributed by atoms with Crippen molar-refractivity contribution in [1.82, 2.24) is 4.90 Å². The van der Waals surface area contributed by atoms with Crippen molar-refractivity contribution in [1.29, 1.82) is 0 Å². The molecule has 0 rings (SSSR count). The topological polar surface area (TPSA) is 246 Å². The Balaban J connectivity index is -0.0000000672. The van der Waals surface area contributed by atoms with Crippen molar-refractivity contribution in [2.24, 2.45) is 40.1 Å². The molecule has 0 saturated heterocycles. The summed E-state index contributed by atoms with van der Waals surface area (Å²) >= 11 is 0. The van der Waals surface area contributed by atoms with E-state index in [4.69, 9.17) is 55.5 Å². The minimum Gasteiger partial charge on any atom is -0.395 e. The van der Waals surface area contributed by atoms with E-state index in [-0.39, 0.29) is 32.8 Å². The number of hydrogen-bond acceptors (Lipinski definition) is 11. The molecule has 0 aromatic heterocycles. The van der Waals surface area contributed by atoms with Crippen LogP contribution in [0.15, 0.2) is 0 Å². The summed E-state index contributed by atoms with van der Waals surface area (Å²) in [6.07, 6.45) is 20.4. The molecule has 0 aliphatic rings. The van der Waals surface area contributed by atoms with Crippen molar-refractivity contribution in [3.8, 4) is 0 Å². The van der Waals surface area contributed by atoms with Gasteiger partial charge in [-0.3, -0.25) is 4.90 Å². The van der Waals surface area contributed by atoms with Crippen molar-refractivity contribution in [2.75, 3.05) is 72.1 Å². The fraction of sp³-hybridized carbons (Fsp3) is 1.00. The number of nitrogens with two attached hydrogens (primary N) is 7. The first-order valence-electron chi connectivity index (χ1n) is 19.7. The number of aliphatic hydroxyl groups is 3. The average molecular weight is 717 g/mol. The molecule has 17 N–H and O–H groups in total. The van der Waals surface area contributed by atoms with Gasteiger partial charge in [-0.25, -0.2) is 0 Å². The normalized spacial score (nSPS) is 10.7. The summed E-state index contributed by atoms with van der Waals surface area (Å²) in [7, 11) is 0. The van der Waals surface area contributed by atoms with Crippen LogP contribution in [0.4, 0.5) is 0 Å². The van der Waals surface area contributed by atoms with E-state index in [1.807, 2.05) is 13.8 Å². The van der Waals surface area contributed by atoms with E-state index in [1.165, 1.54) is 89.9 Å². The summed E-state index contributed by atoms with van der Waals surface area (Å²) in [6, 6.07) is -0.00926. The molecule has 49 heavy (non-hydrogen) atoms. The summed E-state index contributed by atoms with van der Waals surface area (Å²) in [5.74, 6) is 0. The minimum atomic E-state index is -0.287. The molecule has 2 atom stereocenters. The summed E-state index contributed by atoms with van der Waals surface area (Å²) in [5.41, 5.74) is 36.6. The summed E-state index contributed by atoms with van der Waals surface area (Å²) < 4.78 is 0. The quantitative estimate of drug-likeness (QED) is 0.0593. The molecule has 0 radical (unpaired) electrons. The number of rotatable bonds is 24. The second-order valence-corrected chi connectivity index (χ2v) is 11.7. The van der Waals surface area contributed by atoms with E-state index in [1.54, 1.807) is 0 Å². The molecular formula is C38H100N8O3. The summed E-state index contributed by atoms with van der Waals surface area (Å²) in [5, 5.41) is 25.4. The second-order valence-electron chi connectivity index (χ2n) is 11.7. The largest absolute Gasteiger partial charge is 0.395 e. The van der Waals surface area contributed by atoms with E-state index in [9.17, 15) is 0 Å². The van der Waals surface area contributed by atoms with Crippen molar-refractivity contribution >= 4 is 0 Å². The smallest absolute Gasteiger partial charge is 0.0659 e. The van der Waals surface area contributed by atoms with Crippen LogP contribution < -0.4 is 40.1 Å². The highest BCUT2D eigenvalue weighted by Crippen LogP contribution is 2.00. The van der Waals surface area contributed by atoms with Gasteiger partial charge in [0.1, 0.15) is 0 Å². The number of nitrogens with zero attached hydrogens (tertiary/aromatic N) is 1. The molecule has 2 unspecified atom stereocenters. The van der Waals surface area contributed by atoms with E-state index in [2.05, 4.69) is 39.5 Å². The highest BCUT2D eigenvalue weighted by Gasteiger charge is 1.99. The molecule has 11 heteroatoms. The lowest BCUT2D eigenvalue weighted by Gasteiger charge is -2.18. The highest BCUT2D eigenvalue weighted by molar-refractivity contribution is 4.55. The van der Waals surface area contributed by atoms with Crippen molar-refractivity contribution in [3.05, 3.63) is 0 Å². The van der Waals surface area contributed by atoms with Gasteiger partial charge >= 0.3 is 0 Å². The number of unbranched alkanes of at least 4 members (excludes halogenated alkanes) is 10. The molecule has 0 saturated carbocycles. The zero-order chi connectivity index (χ0) is 38.5. The van der Waals surface area contributed by atoms with Gasteiger partial charge in [-0.2, -0.15) is 0 Å². The first kappa shape index (κ1) is 66.8. The van der Waals surface area contributed by atoms with Crippen LogP contribution in [0.25, 0.3) is 0 Å². The van der Waals surface area contributed by atoms with Crippen LogP contribution in [0.5, 0.6) is 0 Å². The zero-order valence-electron chi connectivity index (χ0n) is 33.8. The maximum absolute atomic E-state index is 8.61. The van der Waals surface area contributed by atoms with Crippen LogP contribution in [0.1, 0.15) is 165 Å². The predicted octanol–water partition coefficient (Wildman–Crippen LogP) is 5.04. The van der Waals surface area contributed by atoms with Gasteiger partial charge < -0.3 is 55.5 Å². The molecule has 0 aromatic carbocycles. The fourth-order valence-electron chi connectivity index (χ4n) is 3.19. The third kappa shape index (κ3) is 106. The zero-order valence-corrected chi connectivity index (χ0v) is 33.8. The first-order valence-corrected chi connectivity index (χ1v) is 19.7. The molecule has 0 spiro atoms. The predicted molar refractivity (Wildman–Crippen MR) is 224 cm³/mol. The van der Waals surface area contributed by atoms with Crippen molar-refractivity contribution < 1.29 is 15.3 Å².